The van der Waals surface area contributed by atoms with E-state index in [2.05, 4.69) is 5.32 Å². The first kappa shape index (κ1) is 25.9. The molecule has 2 aromatic rings. The van der Waals surface area contributed by atoms with E-state index in [0.29, 0.717) is 42.0 Å². The number of nitrogens with one attached hydrogen (secondary N) is 1. The molecule has 200 valence electrons. The van der Waals surface area contributed by atoms with Crippen molar-refractivity contribution in [1.82, 2.24) is 9.88 Å². The smallest absolute Gasteiger partial charge is 0.416 e. The zero-order valence-corrected chi connectivity index (χ0v) is 21.5. The van der Waals surface area contributed by atoms with Crippen molar-refractivity contribution in [3.63, 3.8) is 0 Å². The fraction of sp³-hybridized carbons (Fsp3) is 0.586. The summed E-state index contributed by atoms with van der Waals surface area (Å²) in [5, 5.41) is 12.1. The molecule has 0 radical (unpaired) electrons. The maximum Gasteiger partial charge on any atom is 0.416 e. The third-order valence-electron chi connectivity index (χ3n) is 8.88. The summed E-state index contributed by atoms with van der Waals surface area (Å²) in [7, 11) is 0. The first-order chi connectivity index (χ1) is 17.4. The lowest BCUT2D eigenvalue weighted by molar-refractivity contribution is -0.145. The lowest BCUT2D eigenvalue weighted by Crippen LogP contribution is -2.46. The molecule has 1 amide bonds. The van der Waals surface area contributed by atoms with Crippen LogP contribution in [0.3, 0.4) is 0 Å². The van der Waals surface area contributed by atoms with Crippen LogP contribution in [-0.4, -0.2) is 27.6 Å². The molecule has 3 fully saturated rings. The monoisotopic (exact) mass is 516 g/mol. The summed E-state index contributed by atoms with van der Waals surface area (Å²) in [6.07, 6.45) is 6.11. The molecule has 1 aromatic heterocycles. The van der Waals surface area contributed by atoms with Crippen LogP contribution in [0, 0.1) is 18.8 Å². The van der Waals surface area contributed by atoms with E-state index < -0.39 is 23.6 Å². The Morgan fingerprint density at radius 3 is 2.38 bits per heavy atom. The molecule has 0 atom stereocenters. The van der Waals surface area contributed by atoms with Crippen LogP contribution in [0.25, 0.3) is 5.69 Å². The molecule has 3 aliphatic rings. The first-order valence-corrected chi connectivity index (χ1v) is 13.4. The first-order valence-electron chi connectivity index (χ1n) is 13.4. The maximum atomic E-state index is 13.9. The van der Waals surface area contributed by atoms with Crippen LogP contribution in [0.1, 0.15) is 97.5 Å². The Bertz CT molecular complexity index is 1180. The number of aromatic nitrogens is 1. The number of carboxylic acids is 1. The summed E-state index contributed by atoms with van der Waals surface area (Å²) in [6, 6.07) is 4.13. The van der Waals surface area contributed by atoms with Gasteiger partial charge in [-0.1, -0.05) is 39.0 Å². The molecule has 0 saturated heterocycles. The van der Waals surface area contributed by atoms with Gasteiger partial charge in [0.25, 0.3) is 5.91 Å². The Labute approximate surface area is 215 Å². The zero-order chi connectivity index (χ0) is 26.5. The van der Waals surface area contributed by atoms with E-state index in [4.69, 9.17) is 5.11 Å². The molecule has 5 rings (SSSR count). The van der Waals surface area contributed by atoms with Gasteiger partial charge in [-0.25, -0.2) is 0 Å². The maximum absolute atomic E-state index is 13.9. The number of hydrogen-bond acceptors (Lipinski definition) is 2. The number of benzene rings is 1. The number of amides is 1. The SMILES string of the molecule is Cc1c(C(=O)NC2CC(C(=O)O)C2)cn(-c2cc(C(F)(F)F)cc(C3(C)CC3)c2)c1CC1CCCCC1. The molecule has 1 heterocycles. The summed E-state index contributed by atoms with van der Waals surface area (Å²) in [5.74, 6) is -1.15. The fourth-order valence-corrected chi connectivity index (χ4v) is 5.95. The number of carbonyl (C=O) groups excluding carboxylic acids is 1. The minimum absolute atomic E-state index is 0.201. The van der Waals surface area contributed by atoms with Crippen LogP contribution < -0.4 is 5.32 Å². The van der Waals surface area contributed by atoms with Crippen molar-refractivity contribution in [3.05, 3.63) is 52.3 Å². The minimum Gasteiger partial charge on any atom is -0.481 e. The highest BCUT2D eigenvalue weighted by Gasteiger charge is 2.42. The summed E-state index contributed by atoms with van der Waals surface area (Å²) < 4.78 is 43.6. The number of rotatable bonds is 7. The van der Waals surface area contributed by atoms with Gasteiger partial charge >= 0.3 is 12.1 Å². The van der Waals surface area contributed by atoms with E-state index in [1.54, 1.807) is 6.20 Å². The number of carboxylic acid groups (broad SMARTS) is 1. The van der Waals surface area contributed by atoms with Gasteiger partial charge in [0.05, 0.1) is 17.0 Å². The standard InChI is InChI=1S/C29H35F3N2O3/c1-17-24(26(35)33-22-11-19(12-22)27(36)37)16-34(25(17)10-18-6-4-3-5-7-18)23-14-20(28(2)8-9-28)13-21(15-23)29(30,31)32/h13-16,18-19,22H,3-12H2,1-2H3,(H,33,35)(H,36,37). The van der Waals surface area contributed by atoms with Gasteiger partial charge in [0.1, 0.15) is 0 Å². The molecule has 0 unspecified atom stereocenters. The minimum atomic E-state index is -4.47. The Hall–Kier alpha value is -2.77. The number of alkyl halides is 3. The van der Waals surface area contributed by atoms with Gasteiger partial charge in [0, 0.05) is 23.6 Å². The highest BCUT2D eigenvalue weighted by atomic mass is 19.4. The summed E-state index contributed by atoms with van der Waals surface area (Å²) >= 11 is 0. The Morgan fingerprint density at radius 1 is 1.11 bits per heavy atom. The second kappa shape index (κ2) is 9.52. The van der Waals surface area contributed by atoms with Crippen molar-refractivity contribution in [3.8, 4) is 5.69 Å². The van der Waals surface area contributed by atoms with Crippen molar-refractivity contribution >= 4 is 11.9 Å². The number of carbonyl (C=O) groups is 2. The molecule has 37 heavy (non-hydrogen) atoms. The van der Waals surface area contributed by atoms with Crippen molar-refractivity contribution in [1.29, 1.82) is 0 Å². The number of halogens is 3. The third-order valence-corrected chi connectivity index (χ3v) is 8.88. The predicted octanol–water partition coefficient (Wildman–Crippen LogP) is 6.57. The van der Waals surface area contributed by atoms with Gasteiger partial charge in [0.2, 0.25) is 0 Å². The van der Waals surface area contributed by atoms with Crippen molar-refractivity contribution in [2.75, 3.05) is 0 Å². The molecular weight excluding hydrogens is 481 g/mol. The van der Waals surface area contributed by atoms with E-state index in [-0.39, 0.29) is 17.4 Å². The molecule has 5 nitrogen and oxygen atoms in total. The van der Waals surface area contributed by atoms with Gasteiger partial charge in [-0.05, 0) is 79.7 Å². The molecule has 0 spiro atoms. The van der Waals surface area contributed by atoms with E-state index in [1.807, 2.05) is 24.5 Å². The third kappa shape index (κ3) is 5.30. The average molecular weight is 517 g/mol. The van der Waals surface area contributed by atoms with Gasteiger partial charge < -0.3 is 15.0 Å². The van der Waals surface area contributed by atoms with E-state index in [9.17, 15) is 22.8 Å². The normalized spacial score (nSPS) is 23.4. The fourth-order valence-electron chi connectivity index (χ4n) is 5.95. The lowest BCUT2D eigenvalue weighted by Gasteiger charge is -2.32. The van der Waals surface area contributed by atoms with Crippen LogP contribution >= 0.6 is 0 Å². The molecular formula is C29H35F3N2O3. The molecule has 3 saturated carbocycles. The topological polar surface area (TPSA) is 71.3 Å². The quantitative estimate of drug-likeness (QED) is 0.437. The highest BCUT2D eigenvalue weighted by Crippen LogP contribution is 2.49. The van der Waals surface area contributed by atoms with Gasteiger partial charge in [-0.15, -0.1) is 0 Å². The molecule has 0 bridgehead atoms. The largest absolute Gasteiger partial charge is 0.481 e. The molecule has 1 aromatic carbocycles. The Morgan fingerprint density at radius 2 is 1.78 bits per heavy atom. The number of aliphatic carboxylic acids is 1. The van der Waals surface area contributed by atoms with Gasteiger partial charge in [-0.3, -0.25) is 9.59 Å². The predicted molar refractivity (Wildman–Crippen MR) is 134 cm³/mol. The van der Waals surface area contributed by atoms with E-state index >= 15 is 0 Å². The Balaban J connectivity index is 1.52. The molecule has 3 aliphatic carbocycles. The summed E-state index contributed by atoms with van der Waals surface area (Å²) in [6.45, 7) is 3.87. The van der Waals surface area contributed by atoms with Crippen LogP contribution in [-0.2, 0) is 22.8 Å². The molecule has 2 N–H and O–H groups in total. The summed E-state index contributed by atoms with van der Waals surface area (Å²) in [5.41, 5.74) is 2.35. The summed E-state index contributed by atoms with van der Waals surface area (Å²) in [4.78, 5) is 24.4. The van der Waals surface area contributed by atoms with Crippen molar-refractivity contribution < 1.29 is 27.9 Å². The number of nitrogens with zero attached hydrogens (tertiary/aromatic N) is 1. The van der Waals surface area contributed by atoms with E-state index in [1.165, 1.54) is 18.6 Å². The highest BCUT2D eigenvalue weighted by molar-refractivity contribution is 5.96. The second-order valence-corrected chi connectivity index (χ2v) is 11.7. The van der Waals surface area contributed by atoms with Crippen LogP contribution in [0.4, 0.5) is 13.2 Å². The van der Waals surface area contributed by atoms with Crippen LogP contribution in [0.5, 0.6) is 0 Å². The number of hydrogen-bond donors (Lipinski definition) is 2. The average Bonchev–Trinajstić information content (AvgIpc) is 3.50. The van der Waals surface area contributed by atoms with Gasteiger partial charge in [0.15, 0.2) is 0 Å². The second-order valence-electron chi connectivity index (χ2n) is 11.7. The van der Waals surface area contributed by atoms with Crippen molar-refractivity contribution in [2.24, 2.45) is 11.8 Å². The molecule has 0 aliphatic heterocycles. The van der Waals surface area contributed by atoms with Crippen LogP contribution in [0.2, 0.25) is 0 Å². The van der Waals surface area contributed by atoms with Gasteiger partial charge in [-0.2, -0.15) is 13.2 Å². The van der Waals surface area contributed by atoms with E-state index in [0.717, 1.165) is 49.8 Å². The van der Waals surface area contributed by atoms with Crippen LogP contribution in [0.15, 0.2) is 24.4 Å². The molecule has 8 heteroatoms. The zero-order valence-electron chi connectivity index (χ0n) is 21.5. The lowest BCUT2D eigenvalue weighted by atomic mass is 9.80. The Kier molecular flexibility index (Phi) is 6.65. The van der Waals surface area contributed by atoms with Crippen molar-refractivity contribution in [2.45, 2.75) is 95.7 Å².